The van der Waals surface area contributed by atoms with Gasteiger partial charge in [-0.3, -0.25) is 4.98 Å². The van der Waals surface area contributed by atoms with E-state index in [0.717, 1.165) is 23.3 Å². The number of aromatic amines is 1. The van der Waals surface area contributed by atoms with E-state index in [0.29, 0.717) is 0 Å². The smallest absolute Gasteiger partial charge is 0.0925 e. The first-order valence-corrected chi connectivity index (χ1v) is 6.08. The first kappa shape index (κ1) is 13.3. The molecule has 3 heteroatoms. The summed E-state index contributed by atoms with van der Waals surface area (Å²) in [5.74, 6) is 0. The van der Waals surface area contributed by atoms with E-state index in [4.69, 9.17) is 0 Å². The van der Waals surface area contributed by atoms with E-state index in [2.05, 4.69) is 47.0 Å². The van der Waals surface area contributed by atoms with Gasteiger partial charge in [-0.15, -0.1) is 0 Å². The molecule has 0 amide bonds. The monoisotopic (exact) mass is 253 g/mol. The second kappa shape index (κ2) is 5.22. The average molecular weight is 253 g/mol. The Balaban J connectivity index is 0.00000133. The van der Waals surface area contributed by atoms with E-state index in [1.807, 2.05) is 12.3 Å². The Labute approximate surface area is 113 Å². The summed E-state index contributed by atoms with van der Waals surface area (Å²) in [5.41, 5.74) is 5.86. The van der Waals surface area contributed by atoms with Crippen LogP contribution in [-0.4, -0.2) is 15.0 Å². The van der Waals surface area contributed by atoms with Crippen molar-refractivity contribution in [2.45, 2.75) is 27.7 Å². The molecule has 0 spiro atoms. The van der Waals surface area contributed by atoms with E-state index in [-0.39, 0.29) is 7.43 Å². The van der Waals surface area contributed by atoms with Gasteiger partial charge in [0.05, 0.1) is 17.5 Å². The lowest BCUT2D eigenvalue weighted by Crippen LogP contribution is -1.96. The molecule has 19 heavy (non-hydrogen) atoms. The number of aryl methyl sites for hydroxylation is 2. The number of H-pyrrole nitrogens is 1. The zero-order chi connectivity index (χ0) is 12.5. The molecule has 98 valence electrons. The average Bonchev–Trinajstić information content (AvgIpc) is 2.79. The topological polar surface area (TPSA) is 41.6 Å². The summed E-state index contributed by atoms with van der Waals surface area (Å²) in [7, 11) is 0. The van der Waals surface area contributed by atoms with Gasteiger partial charge in [0, 0.05) is 23.7 Å². The summed E-state index contributed by atoms with van der Waals surface area (Å²) in [4.78, 5) is 11.9. The van der Waals surface area contributed by atoms with Crippen LogP contribution in [0.5, 0.6) is 0 Å². The fourth-order valence-corrected chi connectivity index (χ4v) is 2.27. The minimum atomic E-state index is 0. The maximum atomic E-state index is 4.46. The zero-order valence-electron chi connectivity index (χ0n) is 10.6. The first-order valence-electron chi connectivity index (χ1n) is 6.08. The lowest BCUT2D eigenvalue weighted by atomic mass is 10.00. The minimum absolute atomic E-state index is 0. The second-order valence-corrected chi connectivity index (χ2v) is 4.58. The maximum absolute atomic E-state index is 4.46. The van der Waals surface area contributed by atoms with Crippen LogP contribution >= 0.6 is 0 Å². The summed E-state index contributed by atoms with van der Waals surface area (Å²) in [6, 6.07) is 8.37. The normalized spacial score (nSPS) is 10.4. The van der Waals surface area contributed by atoms with Gasteiger partial charge in [-0.25, -0.2) is 4.98 Å². The predicted molar refractivity (Wildman–Crippen MR) is 79.3 cm³/mol. The van der Waals surface area contributed by atoms with Crippen molar-refractivity contribution in [1.82, 2.24) is 15.0 Å². The third kappa shape index (κ3) is 2.36. The number of hydrogen-bond donors (Lipinski definition) is 1. The number of nitrogens with one attached hydrogen (secondary N) is 1. The molecule has 1 aromatic carbocycles. The van der Waals surface area contributed by atoms with Crippen LogP contribution in [0.25, 0.3) is 10.9 Å². The van der Waals surface area contributed by atoms with Gasteiger partial charge in [0.1, 0.15) is 0 Å². The number of aromatic nitrogens is 3. The van der Waals surface area contributed by atoms with E-state index in [1.54, 1.807) is 6.33 Å². The van der Waals surface area contributed by atoms with Crippen molar-refractivity contribution in [3.63, 3.8) is 0 Å². The Morgan fingerprint density at radius 3 is 2.68 bits per heavy atom. The third-order valence-corrected chi connectivity index (χ3v) is 3.43. The Bertz CT molecular complexity index is 698. The highest BCUT2D eigenvalue weighted by atomic mass is 14.9. The maximum Gasteiger partial charge on any atom is 0.0925 e. The quantitative estimate of drug-likeness (QED) is 0.754. The molecule has 2 aromatic heterocycles. The molecule has 0 aliphatic rings. The summed E-state index contributed by atoms with van der Waals surface area (Å²) < 4.78 is 0. The number of hydrogen-bond acceptors (Lipinski definition) is 2. The number of imidazole rings is 1. The van der Waals surface area contributed by atoms with Crippen LogP contribution in [0.3, 0.4) is 0 Å². The minimum Gasteiger partial charge on any atom is -0.348 e. The van der Waals surface area contributed by atoms with Crippen LogP contribution in [0.15, 0.2) is 36.8 Å². The van der Waals surface area contributed by atoms with Gasteiger partial charge in [-0.1, -0.05) is 25.6 Å². The van der Waals surface area contributed by atoms with Crippen LogP contribution in [0.2, 0.25) is 0 Å². The molecule has 0 fully saturated rings. The Morgan fingerprint density at radius 2 is 1.95 bits per heavy atom. The van der Waals surface area contributed by atoms with E-state index in [9.17, 15) is 0 Å². The van der Waals surface area contributed by atoms with Gasteiger partial charge >= 0.3 is 0 Å². The molecular weight excluding hydrogens is 234 g/mol. The lowest BCUT2D eigenvalue weighted by molar-refractivity contribution is 1.07. The van der Waals surface area contributed by atoms with Gasteiger partial charge in [-0.05, 0) is 31.0 Å². The van der Waals surface area contributed by atoms with Crippen molar-refractivity contribution in [1.29, 1.82) is 0 Å². The van der Waals surface area contributed by atoms with Crippen molar-refractivity contribution < 1.29 is 0 Å². The third-order valence-electron chi connectivity index (χ3n) is 3.43. The molecule has 3 aromatic rings. The summed E-state index contributed by atoms with van der Waals surface area (Å²) >= 11 is 0. The molecule has 3 nitrogen and oxygen atoms in total. The van der Waals surface area contributed by atoms with Crippen molar-refractivity contribution >= 4 is 10.9 Å². The first-order chi connectivity index (χ1) is 8.75. The Hall–Kier alpha value is -2.16. The van der Waals surface area contributed by atoms with Crippen molar-refractivity contribution in [2.24, 2.45) is 0 Å². The predicted octanol–water partition coefficient (Wildman–Crippen LogP) is 3.80. The summed E-state index contributed by atoms with van der Waals surface area (Å²) in [6.07, 6.45) is 4.45. The molecule has 0 aliphatic heterocycles. The van der Waals surface area contributed by atoms with Gasteiger partial charge in [0.15, 0.2) is 0 Å². The van der Waals surface area contributed by atoms with Crippen LogP contribution in [-0.2, 0) is 6.42 Å². The largest absolute Gasteiger partial charge is 0.348 e. The van der Waals surface area contributed by atoms with Crippen molar-refractivity contribution in [2.75, 3.05) is 0 Å². The van der Waals surface area contributed by atoms with Gasteiger partial charge < -0.3 is 4.98 Å². The number of nitrogens with zero attached hydrogens (tertiary/aromatic N) is 2. The molecule has 0 radical (unpaired) electrons. The van der Waals surface area contributed by atoms with Crippen molar-refractivity contribution in [3.8, 4) is 0 Å². The van der Waals surface area contributed by atoms with Gasteiger partial charge in [-0.2, -0.15) is 0 Å². The fourth-order valence-electron chi connectivity index (χ4n) is 2.27. The second-order valence-electron chi connectivity index (χ2n) is 4.58. The molecule has 0 unspecified atom stereocenters. The molecule has 0 atom stereocenters. The summed E-state index contributed by atoms with van der Waals surface area (Å²) in [5, 5.41) is 1.19. The highest BCUT2D eigenvalue weighted by molar-refractivity contribution is 5.82. The molecular formula is C16H19N3. The SMILES string of the molecule is C.Cc1[nH]cnc1Cc1ccc2cccnc2c1C. The fraction of sp³-hybridized carbons (Fsp3) is 0.250. The number of rotatable bonds is 2. The van der Waals surface area contributed by atoms with Crippen LogP contribution in [0, 0.1) is 13.8 Å². The van der Waals surface area contributed by atoms with Gasteiger partial charge in [0.2, 0.25) is 0 Å². The highest BCUT2D eigenvalue weighted by Gasteiger charge is 2.08. The highest BCUT2D eigenvalue weighted by Crippen LogP contribution is 2.22. The number of benzene rings is 1. The van der Waals surface area contributed by atoms with Crippen LogP contribution < -0.4 is 0 Å². The van der Waals surface area contributed by atoms with E-state index >= 15 is 0 Å². The molecule has 0 saturated carbocycles. The van der Waals surface area contributed by atoms with E-state index < -0.39 is 0 Å². The van der Waals surface area contributed by atoms with Gasteiger partial charge in [0.25, 0.3) is 0 Å². The molecule has 2 heterocycles. The number of fused-ring (bicyclic) bond motifs is 1. The molecule has 0 saturated heterocycles. The van der Waals surface area contributed by atoms with Crippen LogP contribution in [0.4, 0.5) is 0 Å². The Morgan fingerprint density at radius 1 is 1.11 bits per heavy atom. The van der Waals surface area contributed by atoms with Crippen molar-refractivity contribution in [3.05, 3.63) is 59.3 Å². The molecule has 0 aliphatic carbocycles. The molecule has 0 bridgehead atoms. The van der Waals surface area contributed by atoms with E-state index in [1.165, 1.54) is 16.5 Å². The zero-order valence-corrected chi connectivity index (χ0v) is 10.6. The Kier molecular flexibility index (Phi) is 3.65. The standard InChI is InChI=1S/C15H15N3.CH4/c1-10-13(8-14-11(2)17-9-18-14)6-5-12-4-3-7-16-15(10)12;/h3-7,9H,8H2,1-2H3,(H,17,18);1H4. The lowest BCUT2D eigenvalue weighted by Gasteiger charge is -2.08. The molecule has 1 N–H and O–H groups in total. The molecule has 3 rings (SSSR count). The van der Waals surface area contributed by atoms with Crippen LogP contribution in [0.1, 0.15) is 29.9 Å². The number of pyridine rings is 1. The summed E-state index contributed by atoms with van der Waals surface area (Å²) in [6.45, 7) is 4.18.